The fourth-order valence-corrected chi connectivity index (χ4v) is 1.83. The summed E-state index contributed by atoms with van der Waals surface area (Å²) < 4.78 is 30.0. The lowest BCUT2D eigenvalue weighted by molar-refractivity contribution is 0.482. The molecule has 0 aliphatic rings. The highest BCUT2D eigenvalue weighted by Gasteiger charge is 2.09. The van der Waals surface area contributed by atoms with Crippen LogP contribution in [0.2, 0.25) is 0 Å². The van der Waals surface area contributed by atoms with Crippen molar-refractivity contribution in [2.75, 3.05) is 29.5 Å². The van der Waals surface area contributed by atoms with E-state index in [-0.39, 0.29) is 24.7 Å². The lowest BCUT2D eigenvalue weighted by Crippen LogP contribution is -2.28. The Morgan fingerprint density at radius 1 is 1.29 bits per heavy atom. The first kappa shape index (κ1) is 16.0. The second-order valence-electron chi connectivity index (χ2n) is 3.46. The molecule has 0 atom stereocenters. The van der Waals surface area contributed by atoms with Crippen LogP contribution >= 0.6 is 12.4 Å². The van der Waals surface area contributed by atoms with E-state index in [0.29, 0.717) is 12.2 Å². The van der Waals surface area contributed by atoms with Crippen LogP contribution < -0.4 is 10.6 Å². The molecule has 0 aliphatic carbocycles. The van der Waals surface area contributed by atoms with Gasteiger partial charge in [-0.1, -0.05) is 0 Å². The Kier molecular flexibility index (Phi) is 6.30. The number of hydrogen-bond acceptors (Lipinski definition) is 4. The number of nitrogens with zero attached hydrogens (tertiary/aromatic N) is 1. The van der Waals surface area contributed by atoms with Crippen LogP contribution in [0.25, 0.3) is 0 Å². The maximum absolute atomic E-state index is 10.6. The summed E-state index contributed by atoms with van der Waals surface area (Å²) in [6.07, 6.45) is 0. The molecule has 0 saturated carbocycles. The van der Waals surface area contributed by atoms with Gasteiger partial charge in [-0.3, -0.25) is 4.55 Å². The van der Waals surface area contributed by atoms with Crippen molar-refractivity contribution < 1.29 is 13.0 Å². The number of nitrogens with two attached hydrogens (primary N) is 1. The number of benzene rings is 1. The van der Waals surface area contributed by atoms with E-state index in [1.54, 1.807) is 12.1 Å². The Morgan fingerprint density at radius 2 is 1.82 bits per heavy atom. The van der Waals surface area contributed by atoms with Gasteiger partial charge in [0.25, 0.3) is 10.1 Å². The van der Waals surface area contributed by atoms with E-state index < -0.39 is 10.1 Å². The van der Waals surface area contributed by atoms with Crippen molar-refractivity contribution in [1.29, 1.82) is 0 Å². The van der Waals surface area contributed by atoms with Gasteiger partial charge >= 0.3 is 0 Å². The molecule has 1 aromatic rings. The Bertz CT molecular complexity index is 433. The van der Waals surface area contributed by atoms with Crippen LogP contribution in [0.4, 0.5) is 11.4 Å². The molecule has 0 fully saturated rings. The third kappa shape index (κ3) is 5.76. The second kappa shape index (κ2) is 6.68. The smallest absolute Gasteiger partial charge is 0.266 e. The van der Waals surface area contributed by atoms with Gasteiger partial charge in [-0.25, -0.2) is 0 Å². The van der Waals surface area contributed by atoms with Crippen molar-refractivity contribution in [1.82, 2.24) is 0 Å². The quantitative estimate of drug-likeness (QED) is 0.629. The first-order chi connectivity index (χ1) is 7.42. The highest BCUT2D eigenvalue weighted by Crippen LogP contribution is 2.15. The van der Waals surface area contributed by atoms with Gasteiger partial charge in [-0.2, -0.15) is 8.42 Å². The van der Waals surface area contributed by atoms with Crippen molar-refractivity contribution in [3.05, 3.63) is 24.3 Å². The van der Waals surface area contributed by atoms with Gasteiger partial charge in [0, 0.05) is 24.5 Å². The monoisotopic (exact) mass is 280 g/mol. The molecule has 0 aromatic heterocycles. The van der Waals surface area contributed by atoms with E-state index in [1.807, 2.05) is 24.0 Å². The number of hydrogen-bond donors (Lipinski definition) is 2. The maximum Gasteiger partial charge on any atom is 0.266 e. The zero-order valence-electron chi connectivity index (χ0n) is 9.54. The van der Waals surface area contributed by atoms with Crippen molar-refractivity contribution in [3.63, 3.8) is 0 Å². The van der Waals surface area contributed by atoms with E-state index in [9.17, 15) is 8.42 Å². The predicted molar refractivity (Wildman–Crippen MR) is 72.4 cm³/mol. The summed E-state index contributed by atoms with van der Waals surface area (Å²) in [6.45, 7) is 2.85. The Labute approximate surface area is 108 Å². The molecular weight excluding hydrogens is 264 g/mol. The molecule has 0 radical (unpaired) electrons. The number of rotatable bonds is 5. The molecule has 0 saturated heterocycles. The molecule has 0 heterocycles. The lowest BCUT2D eigenvalue weighted by Gasteiger charge is -2.22. The van der Waals surface area contributed by atoms with Gasteiger partial charge in [0.2, 0.25) is 0 Å². The fourth-order valence-electron chi connectivity index (χ4n) is 1.38. The minimum absolute atomic E-state index is 0. The summed E-state index contributed by atoms with van der Waals surface area (Å²) >= 11 is 0. The zero-order chi connectivity index (χ0) is 12.2. The Hall–Kier alpha value is -0.980. The van der Waals surface area contributed by atoms with Crippen LogP contribution in [0.5, 0.6) is 0 Å². The van der Waals surface area contributed by atoms with Crippen LogP contribution in [0, 0.1) is 0 Å². The highest BCUT2D eigenvalue weighted by molar-refractivity contribution is 7.85. The Morgan fingerprint density at radius 3 is 2.24 bits per heavy atom. The first-order valence-corrected chi connectivity index (χ1v) is 6.59. The summed E-state index contributed by atoms with van der Waals surface area (Å²) in [5.41, 5.74) is 7.11. The molecule has 0 aliphatic heterocycles. The molecule has 5 nitrogen and oxygen atoms in total. The third-order valence-electron chi connectivity index (χ3n) is 2.26. The normalized spacial score (nSPS) is 10.7. The maximum atomic E-state index is 10.6. The second-order valence-corrected chi connectivity index (χ2v) is 5.03. The zero-order valence-corrected chi connectivity index (χ0v) is 11.2. The summed E-state index contributed by atoms with van der Waals surface area (Å²) in [4.78, 5) is 1.85. The van der Waals surface area contributed by atoms with Crippen molar-refractivity contribution in [3.8, 4) is 0 Å². The van der Waals surface area contributed by atoms with E-state index in [4.69, 9.17) is 10.3 Å². The van der Waals surface area contributed by atoms with E-state index in [1.165, 1.54) is 0 Å². The fraction of sp³-hybridized carbons (Fsp3) is 0.400. The topological polar surface area (TPSA) is 83.6 Å². The van der Waals surface area contributed by atoms with Crippen molar-refractivity contribution in [2.45, 2.75) is 6.92 Å². The van der Waals surface area contributed by atoms with E-state index in [0.717, 1.165) is 5.69 Å². The molecule has 0 bridgehead atoms. The molecule has 17 heavy (non-hydrogen) atoms. The number of nitrogen functional groups attached to an aromatic ring is 1. The first-order valence-electron chi connectivity index (χ1n) is 4.98. The third-order valence-corrected chi connectivity index (χ3v) is 2.96. The standard InChI is InChI=1S/C10H16N2O3S.ClH/c1-2-12(7-8-16(13,14)15)10-5-3-9(11)4-6-10;/h3-6H,2,7-8,11H2,1H3,(H,13,14,15);1H. The van der Waals surface area contributed by atoms with Crippen LogP contribution in [0.15, 0.2) is 24.3 Å². The minimum atomic E-state index is -3.91. The highest BCUT2D eigenvalue weighted by atomic mass is 35.5. The van der Waals surface area contributed by atoms with Crippen LogP contribution in [-0.4, -0.2) is 31.8 Å². The molecule has 0 amide bonds. The van der Waals surface area contributed by atoms with E-state index >= 15 is 0 Å². The Balaban J connectivity index is 0.00000256. The number of halogens is 1. The van der Waals surface area contributed by atoms with Crippen molar-refractivity contribution in [2.24, 2.45) is 0 Å². The molecule has 3 N–H and O–H groups in total. The van der Waals surface area contributed by atoms with Gasteiger partial charge in [0.15, 0.2) is 0 Å². The molecule has 98 valence electrons. The van der Waals surface area contributed by atoms with Crippen LogP contribution in [0.3, 0.4) is 0 Å². The predicted octanol–water partition coefficient (Wildman–Crippen LogP) is 1.40. The molecule has 0 spiro atoms. The lowest BCUT2D eigenvalue weighted by atomic mass is 10.2. The van der Waals surface area contributed by atoms with Crippen LogP contribution in [0.1, 0.15) is 6.92 Å². The van der Waals surface area contributed by atoms with Gasteiger partial charge in [0.1, 0.15) is 0 Å². The van der Waals surface area contributed by atoms with Gasteiger partial charge < -0.3 is 10.6 Å². The molecule has 1 aromatic carbocycles. The summed E-state index contributed by atoms with van der Waals surface area (Å²) in [5.74, 6) is -0.273. The summed E-state index contributed by atoms with van der Waals surface area (Å²) in [5, 5.41) is 0. The van der Waals surface area contributed by atoms with Crippen molar-refractivity contribution >= 4 is 33.9 Å². The van der Waals surface area contributed by atoms with Gasteiger partial charge in [-0.05, 0) is 31.2 Å². The largest absolute Gasteiger partial charge is 0.399 e. The molecule has 0 unspecified atom stereocenters. The van der Waals surface area contributed by atoms with Gasteiger partial charge in [0.05, 0.1) is 5.75 Å². The van der Waals surface area contributed by atoms with Crippen LogP contribution in [-0.2, 0) is 10.1 Å². The molecule has 1 rings (SSSR count). The van der Waals surface area contributed by atoms with E-state index in [2.05, 4.69) is 0 Å². The summed E-state index contributed by atoms with van der Waals surface area (Å²) in [6, 6.07) is 7.16. The molecular formula is C10H17ClN2O3S. The molecule has 7 heteroatoms. The van der Waals surface area contributed by atoms with Gasteiger partial charge in [-0.15, -0.1) is 12.4 Å². The minimum Gasteiger partial charge on any atom is -0.399 e. The average molecular weight is 281 g/mol. The average Bonchev–Trinajstić information content (AvgIpc) is 2.20. The number of anilines is 2. The SMILES string of the molecule is CCN(CCS(=O)(=O)O)c1ccc(N)cc1.Cl. The summed E-state index contributed by atoms with van der Waals surface area (Å²) in [7, 11) is -3.91.